The van der Waals surface area contributed by atoms with Crippen molar-refractivity contribution in [3.8, 4) is 28.5 Å². The molecule has 29 heavy (non-hydrogen) atoms. The van der Waals surface area contributed by atoms with Crippen molar-refractivity contribution in [3.05, 3.63) is 71.4 Å². The topological polar surface area (TPSA) is 83.8 Å². The first-order valence-corrected chi connectivity index (χ1v) is 9.43. The molecule has 3 N–H and O–H groups in total. The summed E-state index contributed by atoms with van der Waals surface area (Å²) in [6.07, 6.45) is 0.776. The highest BCUT2D eigenvalue weighted by atomic mass is 35.5. The molecule has 1 unspecified atom stereocenters. The van der Waals surface area contributed by atoms with Gasteiger partial charge in [0.15, 0.2) is 0 Å². The van der Waals surface area contributed by atoms with E-state index >= 15 is 0 Å². The van der Waals surface area contributed by atoms with Crippen molar-refractivity contribution in [2.75, 3.05) is 13.1 Å². The van der Waals surface area contributed by atoms with Crippen LogP contribution in [0.4, 0.5) is 0 Å². The molecule has 4 rings (SSSR count). The van der Waals surface area contributed by atoms with Gasteiger partial charge in [0.2, 0.25) is 0 Å². The fraction of sp³-hybridized carbons (Fsp3) is 0.217. The maximum atomic E-state index is 12.6. The van der Waals surface area contributed by atoms with Crippen molar-refractivity contribution in [2.45, 2.75) is 19.4 Å². The molecule has 0 spiro atoms. The summed E-state index contributed by atoms with van der Waals surface area (Å²) in [6.45, 7) is 3.17. The number of carbonyl (C=O) groups excluding carboxylic acids is 1. The number of hydrogen-bond acceptors (Lipinski definition) is 3. The van der Waals surface area contributed by atoms with Crippen LogP contribution in [0.5, 0.6) is 0 Å². The Kier molecular flexibility index (Phi) is 6.07. The van der Waals surface area contributed by atoms with Gasteiger partial charge in [-0.1, -0.05) is 35.9 Å². The van der Waals surface area contributed by atoms with Gasteiger partial charge in [0.05, 0.1) is 23.4 Å². The van der Waals surface area contributed by atoms with Crippen LogP contribution in [0.3, 0.4) is 0 Å². The Bertz CT molecular complexity index is 1100. The number of nitrogens with two attached hydrogens (primary N) is 1. The first kappa shape index (κ1) is 20.7. The SMILES string of the molecule is Cc1cccc(-c2c(-c3cccc(C#N)c3)cc3n2C(CCN)CNC3=O)c1.Cl. The van der Waals surface area contributed by atoms with Crippen LogP contribution in [0.1, 0.15) is 34.1 Å². The Morgan fingerprint density at radius 2 is 1.93 bits per heavy atom. The van der Waals surface area contributed by atoms with Gasteiger partial charge in [-0.2, -0.15) is 5.26 Å². The molecule has 0 aliphatic carbocycles. The zero-order valence-electron chi connectivity index (χ0n) is 16.2. The molecular weight excluding hydrogens is 384 g/mol. The highest BCUT2D eigenvalue weighted by Crippen LogP contribution is 2.39. The molecule has 148 valence electrons. The van der Waals surface area contributed by atoms with Crippen molar-refractivity contribution < 1.29 is 4.79 Å². The lowest BCUT2D eigenvalue weighted by Gasteiger charge is -2.28. The van der Waals surface area contributed by atoms with Gasteiger partial charge < -0.3 is 15.6 Å². The molecule has 1 atom stereocenters. The molecule has 0 radical (unpaired) electrons. The molecule has 6 heteroatoms. The third-order valence-electron chi connectivity index (χ3n) is 5.23. The summed E-state index contributed by atoms with van der Waals surface area (Å²) in [5.41, 5.74) is 12.2. The zero-order chi connectivity index (χ0) is 19.7. The number of hydrogen-bond donors (Lipinski definition) is 2. The van der Waals surface area contributed by atoms with E-state index in [1.165, 1.54) is 0 Å². The number of halogens is 1. The van der Waals surface area contributed by atoms with Gasteiger partial charge in [0.1, 0.15) is 5.69 Å². The van der Waals surface area contributed by atoms with E-state index in [-0.39, 0.29) is 24.4 Å². The van der Waals surface area contributed by atoms with Crippen LogP contribution in [0.2, 0.25) is 0 Å². The molecular formula is C23H23ClN4O. The van der Waals surface area contributed by atoms with Crippen LogP contribution in [0.25, 0.3) is 22.4 Å². The standard InChI is InChI=1S/C23H22N4O.ClH/c1-15-4-2-7-18(10-15)22-20(17-6-3-5-16(11-17)13-25)12-21-23(28)26-14-19(8-9-24)27(21)22;/h2-7,10-12,19H,8-9,14,24H2,1H3,(H,26,28);1H. The molecule has 2 aromatic carbocycles. The molecule has 1 amide bonds. The number of rotatable bonds is 4. The first-order valence-electron chi connectivity index (χ1n) is 9.43. The quantitative estimate of drug-likeness (QED) is 0.685. The molecule has 0 fully saturated rings. The number of aryl methyl sites for hydroxylation is 1. The number of fused-ring (bicyclic) bond motifs is 1. The number of carbonyl (C=O) groups is 1. The van der Waals surface area contributed by atoms with Gasteiger partial charge in [0.25, 0.3) is 5.91 Å². The Morgan fingerprint density at radius 3 is 2.66 bits per heavy atom. The summed E-state index contributed by atoms with van der Waals surface area (Å²) >= 11 is 0. The normalized spacial score (nSPS) is 15.1. The van der Waals surface area contributed by atoms with Gasteiger partial charge in [-0.3, -0.25) is 4.79 Å². The van der Waals surface area contributed by atoms with Gasteiger partial charge in [-0.25, -0.2) is 0 Å². The van der Waals surface area contributed by atoms with Crippen molar-refractivity contribution >= 4 is 18.3 Å². The van der Waals surface area contributed by atoms with E-state index in [2.05, 4.69) is 41.1 Å². The number of benzene rings is 2. The number of amides is 1. The second-order valence-electron chi connectivity index (χ2n) is 7.17. The van der Waals surface area contributed by atoms with Crippen LogP contribution >= 0.6 is 12.4 Å². The van der Waals surface area contributed by atoms with E-state index in [1.807, 2.05) is 30.3 Å². The lowest BCUT2D eigenvalue weighted by atomic mass is 9.98. The molecule has 0 bridgehead atoms. The number of aromatic nitrogens is 1. The summed E-state index contributed by atoms with van der Waals surface area (Å²) in [6, 6.07) is 20.0. The van der Waals surface area contributed by atoms with E-state index in [0.717, 1.165) is 34.4 Å². The fourth-order valence-corrected chi connectivity index (χ4v) is 3.96. The first-order chi connectivity index (χ1) is 13.6. The highest BCUT2D eigenvalue weighted by molar-refractivity contribution is 5.98. The predicted octanol–water partition coefficient (Wildman–Crippen LogP) is 4.06. The fourth-order valence-electron chi connectivity index (χ4n) is 3.96. The summed E-state index contributed by atoms with van der Waals surface area (Å²) in [4.78, 5) is 12.6. The van der Waals surface area contributed by atoms with Crippen molar-refractivity contribution in [1.82, 2.24) is 9.88 Å². The van der Waals surface area contributed by atoms with Crippen LogP contribution in [0.15, 0.2) is 54.6 Å². The average molecular weight is 407 g/mol. The van der Waals surface area contributed by atoms with E-state index < -0.39 is 0 Å². The number of nitrogens with one attached hydrogen (secondary N) is 1. The molecule has 0 saturated heterocycles. The summed E-state index contributed by atoms with van der Waals surface area (Å²) in [7, 11) is 0. The van der Waals surface area contributed by atoms with E-state index in [1.54, 1.807) is 6.07 Å². The average Bonchev–Trinajstić information content (AvgIpc) is 3.12. The van der Waals surface area contributed by atoms with Crippen molar-refractivity contribution in [3.63, 3.8) is 0 Å². The Labute approximate surface area is 176 Å². The number of nitriles is 1. The van der Waals surface area contributed by atoms with Crippen LogP contribution in [-0.2, 0) is 0 Å². The summed E-state index contributed by atoms with van der Waals surface area (Å²) in [5.74, 6) is -0.0788. The molecule has 1 aliphatic rings. The molecule has 1 aliphatic heterocycles. The van der Waals surface area contributed by atoms with E-state index in [4.69, 9.17) is 5.73 Å². The summed E-state index contributed by atoms with van der Waals surface area (Å²) in [5, 5.41) is 12.3. The van der Waals surface area contributed by atoms with Gasteiger partial charge in [-0.05, 0) is 55.3 Å². The molecule has 1 aromatic heterocycles. The lowest BCUT2D eigenvalue weighted by molar-refractivity contribution is 0.0914. The minimum Gasteiger partial charge on any atom is -0.349 e. The second-order valence-corrected chi connectivity index (χ2v) is 7.17. The van der Waals surface area contributed by atoms with E-state index in [9.17, 15) is 10.1 Å². The summed E-state index contributed by atoms with van der Waals surface area (Å²) < 4.78 is 2.13. The van der Waals surface area contributed by atoms with E-state index in [0.29, 0.717) is 24.3 Å². The third kappa shape index (κ3) is 3.77. The Balaban J connectivity index is 0.00000240. The molecule has 2 heterocycles. The van der Waals surface area contributed by atoms with Crippen molar-refractivity contribution in [2.24, 2.45) is 5.73 Å². The second kappa shape index (κ2) is 8.52. The van der Waals surface area contributed by atoms with Crippen LogP contribution in [-0.4, -0.2) is 23.6 Å². The molecule has 5 nitrogen and oxygen atoms in total. The minimum atomic E-state index is -0.0788. The monoisotopic (exact) mass is 406 g/mol. The Morgan fingerprint density at radius 1 is 1.17 bits per heavy atom. The maximum absolute atomic E-state index is 12.6. The van der Waals surface area contributed by atoms with Gasteiger partial charge in [-0.15, -0.1) is 12.4 Å². The molecule has 0 saturated carbocycles. The van der Waals surface area contributed by atoms with Crippen LogP contribution in [0, 0.1) is 18.3 Å². The van der Waals surface area contributed by atoms with Crippen molar-refractivity contribution in [1.29, 1.82) is 5.26 Å². The zero-order valence-corrected chi connectivity index (χ0v) is 17.0. The largest absolute Gasteiger partial charge is 0.349 e. The van der Waals surface area contributed by atoms with Gasteiger partial charge in [0, 0.05) is 12.1 Å². The maximum Gasteiger partial charge on any atom is 0.268 e. The third-order valence-corrected chi connectivity index (χ3v) is 5.23. The lowest BCUT2D eigenvalue weighted by Crippen LogP contribution is -2.39. The predicted molar refractivity (Wildman–Crippen MR) is 117 cm³/mol. The smallest absolute Gasteiger partial charge is 0.268 e. The van der Waals surface area contributed by atoms with Gasteiger partial charge >= 0.3 is 0 Å². The number of nitrogens with zero attached hydrogens (tertiary/aromatic N) is 2. The Hall–Kier alpha value is -3.07. The minimum absolute atomic E-state index is 0. The molecule has 3 aromatic rings. The van der Waals surface area contributed by atoms with Crippen LogP contribution < -0.4 is 11.1 Å². The highest BCUT2D eigenvalue weighted by Gasteiger charge is 2.30.